The van der Waals surface area contributed by atoms with Crippen LogP contribution in [0.1, 0.15) is 17.7 Å². The van der Waals surface area contributed by atoms with Gasteiger partial charge in [0.05, 0.1) is 24.1 Å². The average molecular weight is 262 g/mol. The molecule has 0 saturated carbocycles. The van der Waals surface area contributed by atoms with E-state index < -0.39 is 40.7 Å². The fourth-order valence-corrected chi connectivity index (χ4v) is 1.28. The van der Waals surface area contributed by atoms with Gasteiger partial charge in [-0.15, -0.1) is 0 Å². The van der Waals surface area contributed by atoms with Crippen molar-refractivity contribution in [2.75, 3.05) is 7.11 Å². The summed E-state index contributed by atoms with van der Waals surface area (Å²) in [6.45, 7) is 0. The van der Waals surface area contributed by atoms with E-state index in [0.717, 1.165) is 7.11 Å². The number of aromatic nitrogens is 1. The second-order valence-electron chi connectivity index (χ2n) is 3.23. The van der Waals surface area contributed by atoms with E-state index in [0.29, 0.717) is 6.07 Å². The molecule has 0 aromatic carbocycles. The third-order valence-electron chi connectivity index (χ3n) is 2.12. The van der Waals surface area contributed by atoms with Gasteiger partial charge in [-0.25, -0.2) is 8.78 Å². The first kappa shape index (κ1) is 13.7. The molecule has 18 heavy (non-hydrogen) atoms. The maximum atomic E-state index is 12.6. The Morgan fingerprint density at radius 3 is 2.67 bits per heavy atom. The van der Waals surface area contributed by atoms with Gasteiger partial charge in [-0.3, -0.25) is 19.7 Å². The quantitative estimate of drug-likeness (QED) is 0.494. The van der Waals surface area contributed by atoms with E-state index >= 15 is 0 Å². The molecule has 1 heterocycles. The van der Waals surface area contributed by atoms with Gasteiger partial charge < -0.3 is 9.72 Å². The maximum Gasteiger partial charge on any atom is 0.334 e. The molecular formula is C9H8F2N2O5. The molecule has 9 heteroatoms. The van der Waals surface area contributed by atoms with Gasteiger partial charge in [0, 0.05) is 6.07 Å². The lowest BCUT2D eigenvalue weighted by molar-refractivity contribution is -0.386. The summed E-state index contributed by atoms with van der Waals surface area (Å²) in [6, 6.07) is 0.650. The maximum absolute atomic E-state index is 12.6. The summed E-state index contributed by atoms with van der Waals surface area (Å²) in [6.07, 6.45) is -3.65. The van der Waals surface area contributed by atoms with Gasteiger partial charge in [0.1, 0.15) is 0 Å². The van der Waals surface area contributed by atoms with Crippen LogP contribution in [0, 0.1) is 10.1 Å². The van der Waals surface area contributed by atoms with Crippen LogP contribution < -0.4 is 5.56 Å². The number of methoxy groups -OCH3 is 1. The normalized spacial score (nSPS) is 10.4. The van der Waals surface area contributed by atoms with Crippen molar-refractivity contribution in [1.82, 2.24) is 4.98 Å². The highest BCUT2D eigenvalue weighted by Crippen LogP contribution is 2.22. The van der Waals surface area contributed by atoms with Crippen molar-refractivity contribution in [2.24, 2.45) is 0 Å². The molecule has 0 saturated heterocycles. The minimum absolute atomic E-state index is 0.344. The van der Waals surface area contributed by atoms with Gasteiger partial charge in [0.25, 0.3) is 6.43 Å². The van der Waals surface area contributed by atoms with Crippen LogP contribution in [0.2, 0.25) is 0 Å². The van der Waals surface area contributed by atoms with Crippen LogP contribution in [0.25, 0.3) is 0 Å². The summed E-state index contributed by atoms with van der Waals surface area (Å²) in [5.41, 5.74) is -3.32. The number of ether oxygens (including phenoxy) is 1. The fourth-order valence-electron chi connectivity index (χ4n) is 1.28. The number of pyridine rings is 1. The van der Waals surface area contributed by atoms with Gasteiger partial charge in [0.15, 0.2) is 0 Å². The van der Waals surface area contributed by atoms with E-state index in [1.54, 1.807) is 4.98 Å². The molecule has 0 aliphatic carbocycles. The van der Waals surface area contributed by atoms with Crippen molar-refractivity contribution < 1.29 is 23.2 Å². The Morgan fingerprint density at radius 2 is 2.22 bits per heavy atom. The Kier molecular flexibility index (Phi) is 4.08. The summed E-state index contributed by atoms with van der Waals surface area (Å²) in [7, 11) is 1.05. The number of alkyl halides is 2. The summed E-state index contributed by atoms with van der Waals surface area (Å²) in [5, 5.41) is 10.5. The SMILES string of the molecule is COC(=O)Cc1cc([N+](=O)[O-])c(=O)[nH]c1C(F)F. The molecule has 0 aliphatic rings. The topological polar surface area (TPSA) is 102 Å². The zero-order valence-corrected chi connectivity index (χ0v) is 9.11. The van der Waals surface area contributed by atoms with E-state index in [9.17, 15) is 28.5 Å². The van der Waals surface area contributed by atoms with Crippen molar-refractivity contribution >= 4 is 11.7 Å². The first-order valence-electron chi connectivity index (χ1n) is 4.62. The standard InChI is InChI=1S/C9H8F2N2O5/c1-18-6(14)3-4-2-5(13(16)17)9(15)12-7(4)8(10)11/h2,8H,3H2,1H3,(H,12,15). The van der Waals surface area contributed by atoms with Crippen LogP contribution in [0.3, 0.4) is 0 Å². The average Bonchev–Trinajstić information content (AvgIpc) is 2.29. The Bertz CT molecular complexity index is 540. The van der Waals surface area contributed by atoms with Gasteiger partial charge in [-0.1, -0.05) is 0 Å². The van der Waals surface area contributed by atoms with E-state index in [1.807, 2.05) is 0 Å². The van der Waals surface area contributed by atoms with Crippen molar-refractivity contribution in [1.29, 1.82) is 0 Å². The molecule has 1 aromatic rings. The van der Waals surface area contributed by atoms with E-state index in [1.165, 1.54) is 0 Å². The minimum atomic E-state index is -3.06. The number of nitrogens with zero attached hydrogens (tertiary/aromatic N) is 1. The number of H-pyrrole nitrogens is 1. The highest BCUT2D eigenvalue weighted by Gasteiger charge is 2.23. The molecule has 0 aliphatic heterocycles. The number of hydrogen-bond acceptors (Lipinski definition) is 5. The van der Waals surface area contributed by atoms with E-state index in [-0.39, 0.29) is 5.56 Å². The third kappa shape index (κ3) is 2.87. The molecule has 0 fully saturated rings. The predicted octanol–water partition coefficient (Wildman–Crippen LogP) is 0.936. The Hall–Kier alpha value is -2.32. The molecule has 1 N–H and O–H groups in total. The second-order valence-corrected chi connectivity index (χ2v) is 3.23. The van der Waals surface area contributed by atoms with Gasteiger partial charge >= 0.3 is 17.2 Å². The first-order chi connectivity index (χ1) is 8.36. The number of hydrogen-bond donors (Lipinski definition) is 1. The zero-order valence-electron chi connectivity index (χ0n) is 9.11. The van der Waals surface area contributed by atoms with Gasteiger partial charge in [0.2, 0.25) is 0 Å². The minimum Gasteiger partial charge on any atom is -0.469 e. The Morgan fingerprint density at radius 1 is 1.61 bits per heavy atom. The monoisotopic (exact) mass is 262 g/mol. The van der Waals surface area contributed by atoms with E-state index in [4.69, 9.17) is 0 Å². The molecule has 1 aromatic heterocycles. The number of carbonyl (C=O) groups excluding carboxylic acids is 1. The number of esters is 1. The molecule has 0 amide bonds. The molecule has 0 unspecified atom stereocenters. The van der Waals surface area contributed by atoms with Crippen molar-refractivity contribution in [3.05, 3.63) is 37.8 Å². The van der Waals surface area contributed by atoms with Gasteiger partial charge in [-0.05, 0) is 5.56 Å². The molecule has 0 atom stereocenters. The smallest absolute Gasteiger partial charge is 0.334 e. The molecule has 7 nitrogen and oxygen atoms in total. The van der Waals surface area contributed by atoms with E-state index in [2.05, 4.69) is 4.74 Å². The first-order valence-corrected chi connectivity index (χ1v) is 4.62. The van der Waals surface area contributed by atoms with Crippen LogP contribution in [-0.4, -0.2) is 23.0 Å². The van der Waals surface area contributed by atoms with Crippen LogP contribution in [-0.2, 0) is 16.0 Å². The number of aromatic amines is 1. The van der Waals surface area contributed by atoms with Gasteiger partial charge in [-0.2, -0.15) is 0 Å². The second kappa shape index (κ2) is 5.34. The number of nitrogens with one attached hydrogen (secondary N) is 1. The summed E-state index contributed by atoms with van der Waals surface area (Å²) >= 11 is 0. The Labute approximate surface area is 98.5 Å². The highest BCUT2D eigenvalue weighted by molar-refractivity contribution is 5.73. The van der Waals surface area contributed by atoms with Crippen LogP contribution in [0.5, 0.6) is 0 Å². The van der Waals surface area contributed by atoms with Crippen molar-refractivity contribution in [2.45, 2.75) is 12.8 Å². The fraction of sp³-hybridized carbons (Fsp3) is 0.333. The third-order valence-corrected chi connectivity index (χ3v) is 2.12. The van der Waals surface area contributed by atoms with Crippen LogP contribution in [0.4, 0.5) is 14.5 Å². The van der Waals surface area contributed by atoms with Crippen molar-refractivity contribution in [3.8, 4) is 0 Å². The van der Waals surface area contributed by atoms with Crippen LogP contribution in [0.15, 0.2) is 10.9 Å². The number of rotatable bonds is 4. The van der Waals surface area contributed by atoms with Crippen LogP contribution >= 0.6 is 0 Å². The predicted molar refractivity (Wildman–Crippen MR) is 54.4 cm³/mol. The van der Waals surface area contributed by atoms with Crippen molar-refractivity contribution in [3.63, 3.8) is 0 Å². The number of halogens is 2. The molecule has 0 bridgehead atoms. The molecule has 1 rings (SSSR count). The summed E-state index contributed by atoms with van der Waals surface area (Å²) in [4.78, 5) is 33.3. The Balaban J connectivity index is 3.35. The molecule has 0 radical (unpaired) electrons. The lowest BCUT2D eigenvalue weighted by Gasteiger charge is -2.07. The highest BCUT2D eigenvalue weighted by atomic mass is 19.3. The lowest BCUT2D eigenvalue weighted by Crippen LogP contribution is -2.18. The largest absolute Gasteiger partial charge is 0.469 e. The molecular weight excluding hydrogens is 254 g/mol. The summed E-state index contributed by atoms with van der Waals surface area (Å²) < 4.78 is 29.5. The zero-order chi connectivity index (χ0) is 13.9. The molecule has 0 spiro atoms. The number of nitro groups is 1. The summed E-state index contributed by atoms with van der Waals surface area (Å²) in [5.74, 6) is -0.849. The molecule has 98 valence electrons. The lowest BCUT2D eigenvalue weighted by atomic mass is 10.1. The number of carbonyl (C=O) groups is 1.